The second-order valence-corrected chi connectivity index (χ2v) is 20.2. The molecule has 0 heterocycles. The van der Waals surface area contributed by atoms with E-state index in [-0.39, 0.29) is 41.8 Å². The maximum atomic E-state index is 11.2. The zero-order valence-corrected chi connectivity index (χ0v) is 51.7. The maximum absolute atomic E-state index is 11.2. The molecule has 4 radical (unpaired) electrons. The molecule has 6 nitrogen and oxygen atoms in total. The van der Waals surface area contributed by atoms with Gasteiger partial charge in [-0.15, -0.1) is 0 Å². The normalized spacial score (nSPS) is 10.4. The molecule has 0 aromatic rings. The molecule has 10 heteroatoms. The number of carbonyl (C=O) groups is 3. The van der Waals surface area contributed by atoms with Crippen molar-refractivity contribution in [3.05, 3.63) is 0 Å². The van der Waals surface area contributed by atoms with E-state index in [0.29, 0.717) is 56.3 Å². The Bertz CT molecular complexity index is 804. The molecular formula is C58H118O6S3Sn. The van der Waals surface area contributed by atoms with Crippen LogP contribution in [0.3, 0.4) is 0 Å². The summed E-state index contributed by atoms with van der Waals surface area (Å²) in [7, 11) is 0. The Kier molecular flexibility index (Phi) is 86.4. The molecule has 408 valence electrons. The summed E-state index contributed by atoms with van der Waals surface area (Å²) in [6, 6.07) is 0. The van der Waals surface area contributed by atoms with Crippen molar-refractivity contribution in [3.8, 4) is 0 Å². The quantitative estimate of drug-likeness (QED) is 0.0185. The minimum Gasteiger partial charge on any atom is -0.465 e. The first-order valence-electron chi connectivity index (χ1n) is 29.1. The van der Waals surface area contributed by atoms with Gasteiger partial charge < -0.3 is 14.2 Å². The van der Waals surface area contributed by atoms with E-state index in [1.165, 1.54) is 225 Å². The van der Waals surface area contributed by atoms with Crippen molar-refractivity contribution in [3.63, 3.8) is 0 Å². The molecule has 68 heavy (non-hydrogen) atoms. The molecule has 0 spiro atoms. The van der Waals surface area contributed by atoms with Gasteiger partial charge in [-0.2, -0.15) is 37.9 Å². The SMILES string of the molecule is CCCC.CCCCCCCCCCCCCCCC(=O)OCCS.CCCCCCCCCCCCCCCC(=O)OCCS.CCCCCCCCCCCCCCCC(=O)OCCS.[Sn]. The van der Waals surface area contributed by atoms with Crippen molar-refractivity contribution in [1.82, 2.24) is 0 Å². The van der Waals surface area contributed by atoms with Crippen LogP contribution in [-0.4, -0.2) is 78.9 Å². The summed E-state index contributed by atoms with van der Waals surface area (Å²) in [5.74, 6) is 1.66. The first-order valence-corrected chi connectivity index (χ1v) is 31.0. The minimum absolute atomic E-state index is 0. The Labute approximate surface area is 459 Å². The first kappa shape index (κ1) is 77.2. The largest absolute Gasteiger partial charge is 0.465 e. The molecule has 0 bridgehead atoms. The van der Waals surface area contributed by atoms with Gasteiger partial charge in [0.1, 0.15) is 19.8 Å². The van der Waals surface area contributed by atoms with E-state index in [1.807, 2.05) is 0 Å². The fraction of sp³-hybridized carbons (Fsp3) is 0.948. The molecule has 0 rings (SSSR count). The maximum Gasteiger partial charge on any atom is 0.305 e. The van der Waals surface area contributed by atoms with Crippen LogP contribution in [-0.2, 0) is 28.6 Å². The Morgan fingerprint density at radius 3 is 0.529 bits per heavy atom. The van der Waals surface area contributed by atoms with Crippen molar-refractivity contribution in [1.29, 1.82) is 0 Å². The third-order valence-electron chi connectivity index (χ3n) is 12.0. The molecule has 0 amide bonds. The topological polar surface area (TPSA) is 78.9 Å². The second-order valence-electron chi connectivity index (χ2n) is 18.8. The molecule has 0 saturated carbocycles. The van der Waals surface area contributed by atoms with E-state index in [2.05, 4.69) is 72.5 Å². The average molecular weight is 1130 g/mol. The summed E-state index contributed by atoms with van der Waals surface area (Å²) in [4.78, 5) is 33.7. The van der Waals surface area contributed by atoms with Crippen molar-refractivity contribution in [2.45, 2.75) is 317 Å². The molecule has 0 N–H and O–H groups in total. The Balaban J connectivity index is -0.000000278. The second kappa shape index (κ2) is 76.2. The van der Waals surface area contributed by atoms with Crippen molar-refractivity contribution < 1.29 is 28.6 Å². The van der Waals surface area contributed by atoms with Gasteiger partial charge >= 0.3 is 17.9 Å². The van der Waals surface area contributed by atoms with Gasteiger partial charge in [-0.1, -0.05) is 279 Å². The zero-order chi connectivity index (χ0) is 50.2. The van der Waals surface area contributed by atoms with Gasteiger partial charge in [0.2, 0.25) is 0 Å². The van der Waals surface area contributed by atoms with Crippen LogP contribution in [0.15, 0.2) is 0 Å². The predicted octanol–water partition coefficient (Wildman–Crippen LogP) is 19.2. The van der Waals surface area contributed by atoms with Gasteiger partial charge in [0, 0.05) is 60.4 Å². The zero-order valence-electron chi connectivity index (χ0n) is 46.1. The van der Waals surface area contributed by atoms with Crippen LogP contribution in [0.4, 0.5) is 0 Å². The number of rotatable bonds is 49. The van der Waals surface area contributed by atoms with E-state index >= 15 is 0 Å². The smallest absolute Gasteiger partial charge is 0.305 e. The predicted molar refractivity (Wildman–Crippen MR) is 312 cm³/mol. The standard InChI is InChI=1S/3C18H36O2S.C4H10.Sn/c3*1-2-3-4-5-6-7-8-9-10-11-12-13-14-15-18(19)20-16-17-21;1-3-4-2;/h3*21H,2-17H2,1H3;3-4H2,1-2H3;. The van der Waals surface area contributed by atoms with Crippen LogP contribution in [0, 0.1) is 0 Å². The minimum atomic E-state index is -0.0628. The summed E-state index contributed by atoms with van der Waals surface area (Å²) < 4.78 is 14.9. The third kappa shape index (κ3) is 83.1. The number of ether oxygens (including phenoxy) is 3. The fourth-order valence-corrected chi connectivity index (χ4v) is 7.83. The summed E-state index contributed by atoms with van der Waals surface area (Å²) >= 11 is 12.0. The van der Waals surface area contributed by atoms with Crippen LogP contribution in [0.5, 0.6) is 0 Å². The van der Waals surface area contributed by atoms with Gasteiger partial charge in [-0.05, 0) is 19.3 Å². The van der Waals surface area contributed by atoms with Gasteiger partial charge in [-0.3, -0.25) is 14.4 Å². The number of esters is 3. The average Bonchev–Trinajstić information content (AvgIpc) is 3.34. The molecule has 0 saturated heterocycles. The molecule has 0 fully saturated rings. The van der Waals surface area contributed by atoms with Crippen LogP contribution in [0.1, 0.15) is 317 Å². The van der Waals surface area contributed by atoms with Gasteiger partial charge in [0.05, 0.1) is 0 Å². The van der Waals surface area contributed by atoms with Crippen LogP contribution in [0.25, 0.3) is 0 Å². The summed E-state index contributed by atoms with van der Waals surface area (Å²) in [6.07, 6.45) is 56.3. The fourth-order valence-electron chi connectivity index (χ4n) is 7.56. The molecule has 0 aromatic carbocycles. The molecule has 0 atom stereocenters. The van der Waals surface area contributed by atoms with E-state index < -0.39 is 0 Å². The molecule has 0 unspecified atom stereocenters. The van der Waals surface area contributed by atoms with E-state index in [4.69, 9.17) is 14.2 Å². The van der Waals surface area contributed by atoms with Crippen molar-refractivity contribution in [2.24, 2.45) is 0 Å². The molecule has 0 aromatic heterocycles. The Morgan fingerprint density at radius 2 is 0.397 bits per heavy atom. The number of hydrogen-bond donors (Lipinski definition) is 3. The molecule has 0 aliphatic rings. The molecule has 0 aliphatic carbocycles. The van der Waals surface area contributed by atoms with Gasteiger partial charge in [-0.25, -0.2) is 0 Å². The van der Waals surface area contributed by atoms with E-state index in [0.717, 1.165) is 38.5 Å². The van der Waals surface area contributed by atoms with Crippen LogP contribution < -0.4 is 0 Å². The summed E-state index contributed by atoms with van der Waals surface area (Å²) in [6.45, 7) is 12.5. The Morgan fingerprint density at radius 1 is 0.250 bits per heavy atom. The number of unbranched alkanes of at least 4 members (excludes halogenated alkanes) is 37. The van der Waals surface area contributed by atoms with Crippen molar-refractivity contribution in [2.75, 3.05) is 37.1 Å². The van der Waals surface area contributed by atoms with E-state index in [1.54, 1.807) is 0 Å². The number of hydrogen-bond acceptors (Lipinski definition) is 9. The number of carbonyl (C=O) groups excluding carboxylic acids is 3. The van der Waals surface area contributed by atoms with Crippen molar-refractivity contribution >= 4 is 79.7 Å². The molecular weight excluding hydrogens is 1010 g/mol. The molecule has 0 aliphatic heterocycles. The third-order valence-corrected chi connectivity index (χ3v) is 12.6. The van der Waals surface area contributed by atoms with Gasteiger partial charge in [0.25, 0.3) is 0 Å². The first-order chi connectivity index (χ1) is 32.8. The number of thiol groups is 3. The monoisotopic (exact) mass is 1130 g/mol. The summed E-state index contributed by atoms with van der Waals surface area (Å²) in [5.41, 5.74) is 0. The van der Waals surface area contributed by atoms with E-state index in [9.17, 15) is 14.4 Å². The summed E-state index contributed by atoms with van der Waals surface area (Å²) in [5, 5.41) is 0. The van der Waals surface area contributed by atoms with Crippen LogP contribution in [0.2, 0.25) is 0 Å². The van der Waals surface area contributed by atoms with Crippen LogP contribution >= 0.6 is 37.9 Å². The Hall–Kier alpha value is 0.259. The van der Waals surface area contributed by atoms with Gasteiger partial charge in [0.15, 0.2) is 0 Å².